The minimum absolute atomic E-state index is 0.0109. The summed E-state index contributed by atoms with van der Waals surface area (Å²) in [4.78, 5) is 35.6. The highest BCUT2D eigenvalue weighted by Crippen LogP contribution is 2.40. The standard InChI is InChI=1S/C11H10Cl3NO6S/c12-11(13,14)5-21-10(18)20-2-1-19-9(17)6-4-22-8-3-7(16)15(6)8/h4,8H,1-3,5H2/t8-/m1/s1. The van der Waals surface area contributed by atoms with Crippen molar-refractivity contribution in [2.75, 3.05) is 19.8 Å². The summed E-state index contributed by atoms with van der Waals surface area (Å²) in [6, 6.07) is 0. The molecule has 0 aromatic heterocycles. The van der Waals surface area contributed by atoms with E-state index in [1.165, 1.54) is 16.7 Å². The van der Waals surface area contributed by atoms with Crippen molar-refractivity contribution in [2.45, 2.75) is 15.6 Å². The van der Waals surface area contributed by atoms with Gasteiger partial charge in [0.15, 0.2) is 0 Å². The highest BCUT2D eigenvalue weighted by molar-refractivity contribution is 8.03. The molecule has 0 saturated carbocycles. The summed E-state index contributed by atoms with van der Waals surface area (Å²) >= 11 is 17.5. The second-order valence-electron chi connectivity index (χ2n) is 4.20. The molecule has 0 radical (unpaired) electrons. The number of hydrogen-bond acceptors (Lipinski definition) is 7. The molecule has 0 N–H and O–H groups in total. The first-order valence-electron chi connectivity index (χ1n) is 5.99. The third-order valence-electron chi connectivity index (χ3n) is 2.60. The molecule has 0 unspecified atom stereocenters. The van der Waals surface area contributed by atoms with Crippen LogP contribution in [0, 0.1) is 0 Å². The van der Waals surface area contributed by atoms with Crippen molar-refractivity contribution in [3.8, 4) is 0 Å². The van der Waals surface area contributed by atoms with Crippen molar-refractivity contribution in [1.82, 2.24) is 4.90 Å². The topological polar surface area (TPSA) is 82.1 Å². The van der Waals surface area contributed by atoms with E-state index in [-0.39, 0.29) is 30.2 Å². The van der Waals surface area contributed by atoms with Gasteiger partial charge in [-0.25, -0.2) is 9.59 Å². The van der Waals surface area contributed by atoms with Gasteiger partial charge in [0.2, 0.25) is 9.70 Å². The average Bonchev–Trinajstić information content (AvgIpc) is 2.77. The van der Waals surface area contributed by atoms with Crippen molar-refractivity contribution in [2.24, 2.45) is 0 Å². The highest BCUT2D eigenvalue weighted by atomic mass is 35.6. The van der Waals surface area contributed by atoms with Crippen LogP contribution in [0.25, 0.3) is 0 Å². The van der Waals surface area contributed by atoms with Gasteiger partial charge in [0.25, 0.3) is 0 Å². The van der Waals surface area contributed by atoms with Crippen molar-refractivity contribution in [1.29, 1.82) is 0 Å². The molecule has 1 amide bonds. The third kappa shape index (κ3) is 4.58. The number of ether oxygens (including phenoxy) is 3. The lowest BCUT2D eigenvalue weighted by Crippen LogP contribution is -2.48. The van der Waals surface area contributed by atoms with Crippen LogP contribution in [0.4, 0.5) is 4.79 Å². The summed E-state index contributed by atoms with van der Waals surface area (Å²) in [6.45, 7) is -0.864. The molecule has 1 saturated heterocycles. The fourth-order valence-corrected chi connectivity index (χ4v) is 2.90. The fourth-order valence-electron chi connectivity index (χ4n) is 1.65. The largest absolute Gasteiger partial charge is 0.508 e. The van der Waals surface area contributed by atoms with Gasteiger partial charge in [-0.2, -0.15) is 0 Å². The summed E-state index contributed by atoms with van der Waals surface area (Å²) in [5, 5.41) is 1.57. The number of thioether (sulfide) groups is 1. The van der Waals surface area contributed by atoms with E-state index in [0.29, 0.717) is 6.42 Å². The van der Waals surface area contributed by atoms with Gasteiger partial charge in [0.1, 0.15) is 25.5 Å². The maximum Gasteiger partial charge on any atom is 0.508 e. The van der Waals surface area contributed by atoms with Crippen LogP contribution < -0.4 is 0 Å². The van der Waals surface area contributed by atoms with Crippen molar-refractivity contribution >= 4 is 64.6 Å². The quantitative estimate of drug-likeness (QED) is 0.308. The van der Waals surface area contributed by atoms with E-state index >= 15 is 0 Å². The van der Waals surface area contributed by atoms with Gasteiger partial charge in [0, 0.05) is 5.41 Å². The number of rotatable bonds is 5. The lowest BCUT2D eigenvalue weighted by atomic mass is 10.2. The molecule has 1 atom stereocenters. The number of carbonyl (C=O) groups excluding carboxylic acids is 3. The summed E-state index contributed by atoms with van der Waals surface area (Å²) < 4.78 is 12.3. The first-order chi connectivity index (χ1) is 10.3. The predicted octanol–water partition coefficient (Wildman–Crippen LogP) is 2.20. The number of β-lactam (4-membered cyclic amide) rings is 1. The average molecular weight is 391 g/mol. The minimum Gasteiger partial charge on any atom is -0.457 e. The number of amides is 1. The molecule has 0 bridgehead atoms. The Morgan fingerprint density at radius 1 is 1.27 bits per heavy atom. The van der Waals surface area contributed by atoms with Crippen molar-refractivity contribution in [3.63, 3.8) is 0 Å². The Morgan fingerprint density at radius 3 is 2.59 bits per heavy atom. The molecule has 11 heteroatoms. The molecule has 0 aromatic rings. The fraction of sp³-hybridized carbons (Fsp3) is 0.545. The van der Waals surface area contributed by atoms with Gasteiger partial charge in [0.05, 0.1) is 11.8 Å². The lowest BCUT2D eigenvalue weighted by Gasteiger charge is -2.34. The number of carbonyl (C=O) groups is 3. The second kappa shape index (κ2) is 7.16. The Balaban J connectivity index is 1.62. The molecule has 7 nitrogen and oxygen atoms in total. The van der Waals surface area contributed by atoms with Crippen LogP contribution >= 0.6 is 46.6 Å². The highest BCUT2D eigenvalue weighted by Gasteiger charge is 2.45. The summed E-state index contributed by atoms with van der Waals surface area (Å²) in [7, 11) is 0. The van der Waals surface area contributed by atoms with Crippen LogP contribution in [-0.4, -0.2) is 51.9 Å². The number of hydrogen-bond donors (Lipinski definition) is 0. The summed E-state index contributed by atoms with van der Waals surface area (Å²) in [5.41, 5.74) is 0.199. The Hall–Kier alpha value is -0.830. The smallest absolute Gasteiger partial charge is 0.457 e. The minimum atomic E-state index is -1.72. The molecule has 2 aliphatic heterocycles. The van der Waals surface area contributed by atoms with E-state index in [2.05, 4.69) is 9.47 Å². The molecule has 1 fully saturated rings. The number of esters is 1. The monoisotopic (exact) mass is 389 g/mol. The van der Waals surface area contributed by atoms with Crippen molar-refractivity contribution in [3.05, 3.63) is 11.1 Å². The molecular formula is C11H10Cl3NO6S. The number of alkyl halides is 3. The van der Waals surface area contributed by atoms with Crippen LogP contribution in [0.2, 0.25) is 0 Å². The number of halogens is 3. The van der Waals surface area contributed by atoms with Crippen LogP contribution in [0.3, 0.4) is 0 Å². The third-order valence-corrected chi connectivity index (χ3v) is 3.98. The molecule has 2 rings (SSSR count). The summed E-state index contributed by atoms with van der Waals surface area (Å²) in [5.74, 6) is -0.772. The Labute approximate surface area is 144 Å². The molecule has 2 aliphatic rings. The molecule has 0 aromatic carbocycles. The van der Waals surface area contributed by atoms with Gasteiger partial charge in [-0.15, -0.1) is 11.8 Å². The van der Waals surface area contributed by atoms with Gasteiger partial charge >= 0.3 is 12.1 Å². The first kappa shape index (κ1) is 17.5. The van der Waals surface area contributed by atoms with Gasteiger partial charge in [-0.1, -0.05) is 34.8 Å². The second-order valence-corrected chi connectivity index (χ2v) is 7.77. The molecule has 122 valence electrons. The van der Waals surface area contributed by atoms with E-state index in [0.717, 1.165) is 0 Å². The summed E-state index contributed by atoms with van der Waals surface area (Å²) in [6.07, 6.45) is -0.633. The van der Waals surface area contributed by atoms with E-state index in [4.69, 9.17) is 39.5 Å². The molecule has 0 aliphatic carbocycles. The van der Waals surface area contributed by atoms with E-state index in [9.17, 15) is 14.4 Å². The Morgan fingerprint density at radius 2 is 1.95 bits per heavy atom. The number of fused-ring (bicyclic) bond motifs is 1. The number of nitrogens with zero attached hydrogens (tertiary/aromatic N) is 1. The lowest BCUT2D eigenvalue weighted by molar-refractivity contribution is -0.149. The maximum atomic E-state index is 11.8. The normalized spacial score (nSPS) is 20.0. The van der Waals surface area contributed by atoms with Crippen LogP contribution in [0.5, 0.6) is 0 Å². The zero-order valence-electron chi connectivity index (χ0n) is 10.9. The zero-order valence-corrected chi connectivity index (χ0v) is 14.0. The van der Waals surface area contributed by atoms with Crippen molar-refractivity contribution < 1.29 is 28.6 Å². The van der Waals surface area contributed by atoms with Gasteiger partial charge < -0.3 is 14.2 Å². The van der Waals surface area contributed by atoms with E-state index in [1.807, 2.05) is 0 Å². The van der Waals surface area contributed by atoms with E-state index in [1.54, 1.807) is 5.41 Å². The molecular weight excluding hydrogens is 381 g/mol. The van der Waals surface area contributed by atoms with Crippen LogP contribution in [0.15, 0.2) is 11.1 Å². The molecule has 0 spiro atoms. The van der Waals surface area contributed by atoms with Crippen LogP contribution in [-0.2, 0) is 23.8 Å². The SMILES string of the molecule is O=C(OCCOC(=O)C1=CS[C@@H]2CC(=O)N12)OCC(Cl)(Cl)Cl. The van der Waals surface area contributed by atoms with Gasteiger partial charge in [-0.05, 0) is 0 Å². The van der Waals surface area contributed by atoms with Gasteiger partial charge in [-0.3, -0.25) is 9.69 Å². The Kier molecular flexibility index (Phi) is 5.70. The Bertz CT molecular complexity index is 520. The zero-order chi connectivity index (χ0) is 16.3. The predicted molar refractivity (Wildman–Crippen MR) is 79.5 cm³/mol. The van der Waals surface area contributed by atoms with E-state index < -0.39 is 22.5 Å². The van der Waals surface area contributed by atoms with Crippen LogP contribution in [0.1, 0.15) is 6.42 Å². The molecule has 22 heavy (non-hydrogen) atoms. The maximum absolute atomic E-state index is 11.8. The molecule has 2 heterocycles. The first-order valence-corrected chi connectivity index (χ1v) is 8.07.